The van der Waals surface area contributed by atoms with Gasteiger partial charge in [-0.15, -0.1) is 0 Å². The Hall–Kier alpha value is -1.40. The minimum Gasteiger partial charge on any atom is -0.465 e. The highest BCUT2D eigenvalue weighted by atomic mass is 32.2. The zero-order chi connectivity index (χ0) is 20.8. The quantitative estimate of drug-likeness (QED) is 0.219. The Kier molecular flexibility index (Phi) is 12.1. The van der Waals surface area contributed by atoms with Gasteiger partial charge in [-0.25, -0.2) is 0 Å². The molecule has 0 saturated heterocycles. The van der Waals surface area contributed by atoms with E-state index in [0.717, 1.165) is 24.8 Å². The van der Waals surface area contributed by atoms with Crippen LogP contribution in [-0.4, -0.2) is 27.6 Å². The highest BCUT2D eigenvalue weighted by molar-refractivity contribution is 7.86. The van der Waals surface area contributed by atoms with Gasteiger partial charge in [0, 0.05) is 6.42 Å². The van der Waals surface area contributed by atoms with E-state index in [1.54, 1.807) is 24.3 Å². The lowest BCUT2D eigenvalue weighted by molar-refractivity contribution is -0.145. The maximum atomic E-state index is 12.1. The molecule has 0 aliphatic heterocycles. The van der Waals surface area contributed by atoms with Crippen molar-refractivity contribution in [2.75, 3.05) is 13.2 Å². The first-order valence-electron chi connectivity index (χ1n) is 10.5. The van der Waals surface area contributed by atoms with Gasteiger partial charge < -0.3 is 4.74 Å². The monoisotopic (exact) mass is 412 g/mol. The fraction of sp³-hybridized carbons (Fsp3) is 0.682. The molecule has 0 amide bonds. The van der Waals surface area contributed by atoms with Crippen molar-refractivity contribution in [3.8, 4) is 0 Å². The van der Waals surface area contributed by atoms with E-state index in [2.05, 4.69) is 13.8 Å². The first-order chi connectivity index (χ1) is 13.4. The fourth-order valence-corrected chi connectivity index (χ4v) is 3.80. The van der Waals surface area contributed by atoms with Gasteiger partial charge in [0.2, 0.25) is 0 Å². The van der Waals surface area contributed by atoms with Gasteiger partial charge >= 0.3 is 5.97 Å². The topological polar surface area (TPSA) is 69.7 Å². The number of unbranched alkanes of at least 4 members (excludes halogenated alkanes) is 4. The van der Waals surface area contributed by atoms with E-state index in [1.807, 2.05) is 6.92 Å². The summed E-state index contributed by atoms with van der Waals surface area (Å²) in [5, 5.41) is 0. The number of benzene rings is 1. The van der Waals surface area contributed by atoms with Crippen molar-refractivity contribution in [1.82, 2.24) is 0 Å². The third-order valence-electron chi connectivity index (χ3n) is 4.85. The van der Waals surface area contributed by atoms with Gasteiger partial charge in [0.1, 0.15) is 0 Å². The normalized spacial score (nSPS) is 12.7. The Labute approximate surface area is 170 Å². The van der Waals surface area contributed by atoms with Crippen LogP contribution in [0.1, 0.15) is 77.2 Å². The van der Waals surface area contributed by atoms with Crippen molar-refractivity contribution < 1.29 is 22.1 Å². The largest absolute Gasteiger partial charge is 0.465 e. The summed E-state index contributed by atoms with van der Waals surface area (Å²) in [6.45, 7) is 6.85. The minimum atomic E-state index is -3.70. The number of ether oxygens (including phenoxy) is 1. The standard InChI is InChI=1S/C22H36O5S/c1-4-6-8-11-20(5-2)18-26-22(23)12-9-7-10-17-27-28(24,25)21-15-13-19(3)14-16-21/h13-16,20H,4-12,17-18H2,1-3H3. The first-order valence-corrected chi connectivity index (χ1v) is 11.9. The number of hydrogen-bond donors (Lipinski definition) is 0. The summed E-state index contributed by atoms with van der Waals surface area (Å²) in [7, 11) is -3.70. The molecule has 0 aliphatic carbocycles. The van der Waals surface area contributed by atoms with Crippen molar-refractivity contribution in [3.63, 3.8) is 0 Å². The van der Waals surface area contributed by atoms with Gasteiger partial charge in [-0.3, -0.25) is 8.98 Å². The minimum absolute atomic E-state index is 0.126. The van der Waals surface area contributed by atoms with Crippen LogP contribution in [0.5, 0.6) is 0 Å². The molecule has 0 saturated carbocycles. The molecule has 1 aromatic rings. The van der Waals surface area contributed by atoms with Crippen LogP contribution in [0.4, 0.5) is 0 Å². The van der Waals surface area contributed by atoms with Crippen molar-refractivity contribution in [3.05, 3.63) is 29.8 Å². The summed E-state index contributed by atoms with van der Waals surface area (Å²) >= 11 is 0. The molecular formula is C22H36O5S. The maximum absolute atomic E-state index is 12.1. The lowest BCUT2D eigenvalue weighted by atomic mass is 10.00. The Bertz CT molecular complexity index is 652. The lowest BCUT2D eigenvalue weighted by Crippen LogP contribution is -2.13. The second kappa shape index (κ2) is 13.7. The number of carbonyl (C=O) groups is 1. The molecule has 6 heteroatoms. The van der Waals surface area contributed by atoms with Gasteiger partial charge in [0.05, 0.1) is 18.1 Å². The predicted octanol–water partition coefficient (Wildman–Crippen LogP) is 5.41. The molecule has 0 radical (unpaired) electrons. The van der Waals surface area contributed by atoms with Crippen LogP contribution in [0.2, 0.25) is 0 Å². The van der Waals surface area contributed by atoms with E-state index < -0.39 is 10.1 Å². The molecule has 28 heavy (non-hydrogen) atoms. The van der Waals surface area contributed by atoms with Crippen LogP contribution in [0, 0.1) is 12.8 Å². The highest BCUT2D eigenvalue weighted by Crippen LogP contribution is 2.16. The van der Waals surface area contributed by atoms with E-state index in [-0.39, 0.29) is 17.5 Å². The SMILES string of the molecule is CCCCCC(CC)COC(=O)CCCCCOS(=O)(=O)c1ccc(C)cc1. The molecule has 0 aromatic heterocycles. The van der Waals surface area contributed by atoms with Gasteiger partial charge in [0.15, 0.2) is 0 Å². The summed E-state index contributed by atoms with van der Waals surface area (Å²) < 4.78 is 34.6. The molecule has 0 N–H and O–H groups in total. The lowest BCUT2D eigenvalue weighted by Gasteiger charge is -2.14. The van der Waals surface area contributed by atoms with E-state index in [4.69, 9.17) is 8.92 Å². The summed E-state index contributed by atoms with van der Waals surface area (Å²) in [4.78, 5) is 12.0. The number of rotatable bonds is 15. The Balaban J connectivity index is 2.14. The molecule has 1 rings (SSSR count). The summed E-state index contributed by atoms with van der Waals surface area (Å²) in [5.41, 5.74) is 0.997. The van der Waals surface area contributed by atoms with E-state index >= 15 is 0 Å². The number of hydrogen-bond acceptors (Lipinski definition) is 5. The van der Waals surface area contributed by atoms with Crippen molar-refractivity contribution in [1.29, 1.82) is 0 Å². The zero-order valence-corrected chi connectivity index (χ0v) is 18.4. The molecule has 0 spiro atoms. The second-order valence-corrected chi connectivity index (χ2v) is 8.97. The van der Waals surface area contributed by atoms with Crippen LogP contribution in [0.3, 0.4) is 0 Å². The molecule has 0 aliphatic rings. The Morgan fingerprint density at radius 3 is 2.36 bits per heavy atom. The zero-order valence-electron chi connectivity index (χ0n) is 17.6. The van der Waals surface area contributed by atoms with E-state index in [0.29, 0.717) is 31.8 Å². The van der Waals surface area contributed by atoms with Gasteiger partial charge in [-0.1, -0.05) is 63.6 Å². The smallest absolute Gasteiger partial charge is 0.305 e. The molecule has 5 nitrogen and oxygen atoms in total. The number of carbonyl (C=O) groups excluding carboxylic acids is 1. The number of aryl methyl sites for hydroxylation is 1. The molecule has 1 atom stereocenters. The van der Waals surface area contributed by atoms with Crippen molar-refractivity contribution >= 4 is 16.1 Å². The van der Waals surface area contributed by atoms with Gasteiger partial charge in [0.25, 0.3) is 10.1 Å². The van der Waals surface area contributed by atoms with Crippen molar-refractivity contribution in [2.45, 2.75) is 83.5 Å². The van der Waals surface area contributed by atoms with Crippen LogP contribution in [0.15, 0.2) is 29.2 Å². The molecule has 0 fully saturated rings. The molecule has 1 unspecified atom stereocenters. The van der Waals surface area contributed by atoms with Crippen LogP contribution < -0.4 is 0 Å². The number of esters is 1. The second-order valence-electron chi connectivity index (χ2n) is 7.35. The Morgan fingerprint density at radius 2 is 1.71 bits per heavy atom. The van der Waals surface area contributed by atoms with E-state index in [1.165, 1.54) is 19.3 Å². The average molecular weight is 413 g/mol. The van der Waals surface area contributed by atoms with Crippen LogP contribution in [-0.2, 0) is 23.8 Å². The van der Waals surface area contributed by atoms with Gasteiger partial charge in [-0.05, 0) is 44.2 Å². The third-order valence-corrected chi connectivity index (χ3v) is 6.17. The Morgan fingerprint density at radius 1 is 1.00 bits per heavy atom. The predicted molar refractivity (Wildman–Crippen MR) is 112 cm³/mol. The molecule has 160 valence electrons. The van der Waals surface area contributed by atoms with Gasteiger partial charge in [-0.2, -0.15) is 8.42 Å². The highest BCUT2D eigenvalue weighted by Gasteiger charge is 2.14. The summed E-state index contributed by atoms with van der Waals surface area (Å²) in [5.74, 6) is 0.290. The first kappa shape index (κ1) is 24.6. The van der Waals surface area contributed by atoms with Crippen LogP contribution >= 0.6 is 0 Å². The molecular weight excluding hydrogens is 376 g/mol. The van der Waals surface area contributed by atoms with Crippen LogP contribution in [0.25, 0.3) is 0 Å². The average Bonchev–Trinajstić information content (AvgIpc) is 2.67. The van der Waals surface area contributed by atoms with Crippen molar-refractivity contribution in [2.24, 2.45) is 5.92 Å². The maximum Gasteiger partial charge on any atom is 0.305 e. The third kappa shape index (κ3) is 10.2. The fourth-order valence-electron chi connectivity index (χ4n) is 2.86. The summed E-state index contributed by atoms with van der Waals surface area (Å²) in [6, 6.07) is 6.59. The molecule has 0 heterocycles. The molecule has 1 aromatic carbocycles. The molecule has 0 bridgehead atoms. The van der Waals surface area contributed by atoms with E-state index in [9.17, 15) is 13.2 Å². The summed E-state index contributed by atoms with van der Waals surface area (Å²) in [6.07, 6.45) is 8.14.